The van der Waals surface area contributed by atoms with E-state index in [9.17, 15) is 19.5 Å². The fourth-order valence-corrected chi connectivity index (χ4v) is 3.30. The van der Waals surface area contributed by atoms with Crippen LogP contribution in [-0.2, 0) is 14.4 Å². The molecule has 0 aromatic rings. The van der Waals surface area contributed by atoms with E-state index in [2.05, 4.69) is 21.3 Å². The van der Waals surface area contributed by atoms with Crippen LogP contribution in [0.25, 0.3) is 0 Å². The van der Waals surface area contributed by atoms with Gasteiger partial charge in [0.1, 0.15) is 6.54 Å². The number of rotatable bonds is 7. The van der Waals surface area contributed by atoms with Crippen molar-refractivity contribution in [1.29, 1.82) is 0 Å². The fraction of sp³-hybridized carbons (Fsp3) is 0.706. The number of piperidine rings is 1. The van der Waals surface area contributed by atoms with Crippen molar-refractivity contribution in [3.63, 3.8) is 0 Å². The lowest BCUT2D eigenvalue weighted by atomic mass is 9.95. The fourth-order valence-electron chi connectivity index (χ4n) is 3.30. The average molecular weight is 368 g/mol. The van der Waals surface area contributed by atoms with E-state index in [1.54, 1.807) is 0 Å². The van der Waals surface area contributed by atoms with E-state index in [1.165, 1.54) is 0 Å². The number of amides is 2. The van der Waals surface area contributed by atoms with Crippen molar-refractivity contribution >= 4 is 17.8 Å². The number of aliphatic hydroxyl groups is 1. The minimum atomic E-state index is -1.21. The number of aliphatic carboxylic acids is 1. The molecule has 0 radical (unpaired) electrons. The predicted molar refractivity (Wildman–Crippen MR) is 94.3 cm³/mol. The Kier molecular flexibility index (Phi) is 7.71. The van der Waals surface area contributed by atoms with Crippen LogP contribution in [0.4, 0.5) is 0 Å². The number of aliphatic hydroxyl groups excluding tert-OH is 1. The third kappa shape index (κ3) is 6.21. The minimum Gasteiger partial charge on any atom is -0.494 e. The maximum Gasteiger partial charge on any atom is 0.322 e. The van der Waals surface area contributed by atoms with Gasteiger partial charge in [-0.3, -0.25) is 14.4 Å². The molecule has 1 saturated carbocycles. The van der Waals surface area contributed by atoms with Crippen LogP contribution in [-0.4, -0.2) is 59.7 Å². The molecule has 1 atom stereocenters. The van der Waals surface area contributed by atoms with Gasteiger partial charge in [-0.15, -0.1) is 0 Å². The smallest absolute Gasteiger partial charge is 0.322 e. The van der Waals surface area contributed by atoms with Crippen LogP contribution in [0.15, 0.2) is 11.5 Å². The molecule has 26 heavy (non-hydrogen) atoms. The summed E-state index contributed by atoms with van der Waals surface area (Å²) in [7, 11) is 0. The molecule has 0 aromatic carbocycles. The van der Waals surface area contributed by atoms with Gasteiger partial charge in [0.25, 0.3) is 11.8 Å². The number of carboxylic acid groups (broad SMARTS) is 1. The Morgan fingerprint density at radius 3 is 2.08 bits per heavy atom. The van der Waals surface area contributed by atoms with E-state index < -0.39 is 35.8 Å². The second-order valence-electron chi connectivity index (χ2n) is 6.80. The van der Waals surface area contributed by atoms with Gasteiger partial charge in [0.05, 0.1) is 0 Å². The molecule has 1 heterocycles. The number of carbonyl (C=O) groups is 3. The first kappa shape index (κ1) is 20.0. The maximum atomic E-state index is 12.6. The van der Waals surface area contributed by atoms with Crippen LogP contribution in [0.1, 0.15) is 44.9 Å². The number of carbonyl (C=O) groups excluding carboxylic acids is 2. The monoisotopic (exact) mass is 368 g/mol. The van der Waals surface area contributed by atoms with Crippen molar-refractivity contribution in [2.75, 3.05) is 19.6 Å². The topological polar surface area (TPSA) is 140 Å². The van der Waals surface area contributed by atoms with Crippen molar-refractivity contribution < 1.29 is 24.6 Å². The second kappa shape index (κ2) is 10.0. The first-order valence-corrected chi connectivity index (χ1v) is 9.18. The lowest BCUT2D eigenvalue weighted by Crippen LogP contribution is -2.49. The van der Waals surface area contributed by atoms with Crippen LogP contribution >= 0.6 is 0 Å². The molecule has 9 nitrogen and oxygen atoms in total. The minimum absolute atomic E-state index is 0.0392. The number of nitrogens with one attached hydrogen (secondary N) is 4. The molecule has 1 aliphatic heterocycles. The molecule has 1 saturated heterocycles. The molecule has 2 fully saturated rings. The van der Waals surface area contributed by atoms with Gasteiger partial charge in [0, 0.05) is 18.6 Å². The van der Waals surface area contributed by atoms with Crippen LogP contribution in [0.5, 0.6) is 0 Å². The summed E-state index contributed by atoms with van der Waals surface area (Å²) in [5.74, 6) is -3.32. The SMILES string of the molecule is O=C(O)CNC(O)=C(C(=O)NC1CCCCC1)C(=O)NC1CCCNC1. The molecular weight excluding hydrogens is 340 g/mol. The standard InChI is InChI=1S/C17H28N4O5/c22-13(23)10-19-15(24)14(16(25)20-11-5-2-1-3-6-11)17(26)21-12-7-4-8-18-9-12/h11-12,18-19,24H,1-10H2,(H,20,25)(H,21,26)(H,22,23). The van der Waals surface area contributed by atoms with E-state index in [-0.39, 0.29) is 12.1 Å². The van der Waals surface area contributed by atoms with E-state index in [0.717, 1.165) is 51.5 Å². The summed E-state index contributed by atoms with van der Waals surface area (Å²) in [6, 6.07) is -0.177. The van der Waals surface area contributed by atoms with Crippen LogP contribution in [0.2, 0.25) is 0 Å². The third-order valence-corrected chi connectivity index (χ3v) is 4.67. The highest BCUT2D eigenvalue weighted by Crippen LogP contribution is 2.18. The zero-order valence-corrected chi connectivity index (χ0v) is 14.8. The van der Waals surface area contributed by atoms with Gasteiger partial charge in [-0.2, -0.15) is 0 Å². The van der Waals surface area contributed by atoms with Crippen LogP contribution < -0.4 is 21.3 Å². The molecule has 0 aromatic heterocycles. The largest absolute Gasteiger partial charge is 0.494 e. The highest BCUT2D eigenvalue weighted by atomic mass is 16.4. The zero-order valence-electron chi connectivity index (χ0n) is 14.8. The van der Waals surface area contributed by atoms with E-state index in [4.69, 9.17) is 5.11 Å². The number of hydrogen-bond acceptors (Lipinski definition) is 6. The van der Waals surface area contributed by atoms with Gasteiger partial charge >= 0.3 is 5.97 Å². The quantitative estimate of drug-likeness (QED) is 0.158. The van der Waals surface area contributed by atoms with Gasteiger partial charge in [0.2, 0.25) is 5.88 Å². The van der Waals surface area contributed by atoms with E-state index in [1.807, 2.05) is 0 Å². The van der Waals surface area contributed by atoms with Crippen molar-refractivity contribution in [1.82, 2.24) is 21.3 Å². The summed E-state index contributed by atoms with van der Waals surface area (Å²) in [4.78, 5) is 35.9. The van der Waals surface area contributed by atoms with Gasteiger partial charge < -0.3 is 31.5 Å². The Bertz CT molecular complexity index is 517. The first-order chi connectivity index (χ1) is 12.5. The summed E-state index contributed by atoms with van der Waals surface area (Å²) < 4.78 is 0. The normalized spacial score (nSPS) is 22.1. The van der Waals surface area contributed by atoms with Gasteiger partial charge in [0.15, 0.2) is 5.57 Å². The van der Waals surface area contributed by atoms with Crippen molar-refractivity contribution in [2.24, 2.45) is 0 Å². The van der Waals surface area contributed by atoms with Crippen LogP contribution in [0.3, 0.4) is 0 Å². The summed E-state index contributed by atoms with van der Waals surface area (Å²) in [6.07, 6.45) is 6.48. The average Bonchev–Trinajstić information content (AvgIpc) is 2.61. The Morgan fingerprint density at radius 1 is 0.885 bits per heavy atom. The molecule has 2 aliphatic rings. The summed E-state index contributed by atoms with van der Waals surface area (Å²) in [6.45, 7) is 0.875. The summed E-state index contributed by atoms with van der Waals surface area (Å²) >= 11 is 0. The Hall–Kier alpha value is -2.29. The Morgan fingerprint density at radius 2 is 1.50 bits per heavy atom. The lowest BCUT2D eigenvalue weighted by Gasteiger charge is -2.26. The number of carboxylic acids is 1. The van der Waals surface area contributed by atoms with Gasteiger partial charge in [-0.05, 0) is 32.2 Å². The second-order valence-corrected chi connectivity index (χ2v) is 6.80. The van der Waals surface area contributed by atoms with Crippen molar-refractivity contribution in [3.8, 4) is 0 Å². The Balaban J connectivity index is 2.08. The molecule has 146 valence electrons. The molecular formula is C17H28N4O5. The molecule has 6 N–H and O–H groups in total. The molecule has 9 heteroatoms. The van der Waals surface area contributed by atoms with Crippen LogP contribution in [0, 0.1) is 0 Å². The predicted octanol–water partition coefficient (Wildman–Crippen LogP) is -0.253. The highest BCUT2D eigenvalue weighted by molar-refractivity contribution is 6.18. The van der Waals surface area contributed by atoms with Gasteiger partial charge in [-0.1, -0.05) is 19.3 Å². The molecule has 0 bridgehead atoms. The third-order valence-electron chi connectivity index (χ3n) is 4.67. The van der Waals surface area contributed by atoms with Crippen molar-refractivity contribution in [2.45, 2.75) is 57.0 Å². The molecule has 2 amide bonds. The van der Waals surface area contributed by atoms with E-state index >= 15 is 0 Å². The van der Waals surface area contributed by atoms with Crippen molar-refractivity contribution in [3.05, 3.63) is 11.5 Å². The summed E-state index contributed by atoms with van der Waals surface area (Å²) in [5, 5.41) is 29.8. The molecule has 0 spiro atoms. The first-order valence-electron chi connectivity index (χ1n) is 9.18. The van der Waals surface area contributed by atoms with Gasteiger partial charge in [-0.25, -0.2) is 0 Å². The lowest BCUT2D eigenvalue weighted by molar-refractivity contribution is -0.136. The number of hydrogen-bond donors (Lipinski definition) is 6. The Labute approximate surface area is 152 Å². The van der Waals surface area contributed by atoms with E-state index in [0.29, 0.717) is 6.54 Å². The highest BCUT2D eigenvalue weighted by Gasteiger charge is 2.28. The maximum absolute atomic E-state index is 12.6. The molecule has 2 rings (SSSR count). The zero-order chi connectivity index (χ0) is 18.9. The molecule has 1 aliphatic carbocycles. The molecule has 1 unspecified atom stereocenters. The summed E-state index contributed by atoms with van der Waals surface area (Å²) in [5.41, 5.74) is -0.470.